The second-order valence-corrected chi connectivity index (χ2v) is 13.8. The summed E-state index contributed by atoms with van der Waals surface area (Å²) >= 11 is 5.80. The first-order chi connectivity index (χ1) is 17.6. The number of nitrogens with zero attached hydrogens (tertiary/aromatic N) is 5. The van der Waals surface area contributed by atoms with Crippen molar-refractivity contribution in [3.05, 3.63) is 18.3 Å². The van der Waals surface area contributed by atoms with Crippen LogP contribution in [-0.2, 0) is 14.8 Å². The molecule has 2 aliphatic heterocycles. The molecule has 1 aromatic heterocycles. The summed E-state index contributed by atoms with van der Waals surface area (Å²) in [5, 5.41) is 5.70. The van der Waals surface area contributed by atoms with E-state index >= 15 is 0 Å². The highest BCUT2D eigenvalue weighted by Gasteiger charge is 2.42. The normalized spacial score (nSPS) is 28.3. The summed E-state index contributed by atoms with van der Waals surface area (Å²) in [5.74, 6) is -0.116. The number of sulfonamides is 1. The third kappa shape index (κ3) is 4.75. The van der Waals surface area contributed by atoms with Crippen LogP contribution in [0, 0.1) is 0 Å². The molecule has 2 saturated carbocycles. The van der Waals surface area contributed by atoms with Crippen molar-refractivity contribution >= 4 is 44.1 Å². The second kappa shape index (κ2) is 9.10. The summed E-state index contributed by atoms with van der Waals surface area (Å²) in [4.78, 5) is 19.2. The topological polar surface area (TPSA) is 90.8 Å². The summed E-state index contributed by atoms with van der Waals surface area (Å²) < 4.78 is 31.9. The van der Waals surface area contributed by atoms with Crippen LogP contribution in [0.15, 0.2) is 23.2 Å². The van der Waals surface area contributed by atoms with Gasteiger partial charge in [-0.1, -0.05) is 0 Å². The number of fused-ring (bicyclic) bond motifs is 1. The van der Waals surface area contributed by atoms with Crippen molar-refractivity contribution in [3.63, 3.8) is 0 Å². The van der Waals surface area contributed by atoms with Gasteiger partial charge in [-0.25, -0.2) is 13.1 Å². The van der Waals surface area contributed by atoms with E-state index in [1.54, 1.807) is 11.0 Å². The molecule has 3 heterocycles. The maximum absolute atomic E-state index is 13.5. The average molecular weight is 549 g/mol. The summed E-state index contributed by atoms with van der Waals surface area (Å²) in [5.41, 5.74) is 1.36. The first-order valence-corrected chi connectivity index (χ1v) is 15.5. The highest BCUT2D eigenvalue weighted by atomic mass is 35.5. The number of likely N-dealkylation sites (tertiary alicyclic amines) is 1. The van der Waals surface area contributed by atoms with Crippen molar-refractivity contribution < 1.29 is 13.2 Å². The maximum Gasteiger partial charge on any atom is 0.241 e. The standard InChI is InChI=1S/C26H37ClN6O3S/c1-17-14-31(15-18(2)32(17)19-4-5-19)23-10-21(37(35,36)29-26(3)7-8-26)11-24-22(23)13-28-33(24)20-6-9-30(16-20)25(34)12-27/h10-11,13,17-20,29H,4-9,12,14-16H2,1-3H3/t17-,18?,20?/m1/s1. The average Bonchev–Trinajstić information content (AvgIpc) is 3.70. The Morgan fingerprint density at radius 1 is 1.11 bits per heavy atom. The van der Waals surface area contributed by atoms with Gasteiger partial charge >= 0.3 is 0 Å². The lowest BCUT2D eigenvalue weighted by atomic mass is 10.1. The van der Waals surface area contributed by atoms with Crippen LogP contribution in [0.3, 0.4) is 0 Å². The zero-order chi connectivity index (χ0) is 26.1. The second-order valence-electron chi connectivity index (χ2n) is 11.8. The molecule has 11 heteroatoms. The van der Waals surface area contributed by atoms with E-state index in [1.807, 2.05) is 23.9 Å². The van der Waals surface area contributed by atoms with Crippen molar-refractivity contribution in [2.75, 3.05) is 37.0 Å². The maximum atomic E-state index is 13.5. The van der Waals surface area contributed by atoms with E-state index in [2.05, 4.69) is 28.4 Å². The Morgan fingerprint density at radius 3 is 2.43 bits per heavy atom. The van der Waals surface area contributed by atoms with E-state index in [9.17, 15) is 13.2 Å². The van der Waals surface area contributed by atoms with E-state index < -0.39 is 10.0 Å². The van der Waals surface area contributed by atoms with E-state index in [0.29, 0.717) is 31.2 Å². The fraction of sp³-hybridized carbons (Fsp3) is 0.692. The lowest BCUT2D eigenvalue weighted by molar-refractivity contribution is -0.127. The minimum absolute atomic E-state index is 0.0195. The molecule has 2 aliphatic carbocycles. The summed E-state index contributed by atoms with van der Waals surface area (Å²) in [7, 11) is -3.71. The molecular formula is C26H37ClN6O3S. The fourth-order valence-electron chi connectivity index (χ4n) is 6.36. The van der Waals surface area contributed by atoms with Crippen molar-refractivity contribution in [1.29, 1.82) is 0 Å². The number of alkyl halides is 1. The van der Waals surface area contributed by atoms with Crippen molar-refractivity contribution in [3.8, 4) is 0 Å². The molecule has 0 bridgehead atoms. The number of hydrogen-bond donors (Lipinski definition) is 1. The molecule has 0 spiro atoms. The Balaban J connectivity index is 1.40. The molecule has 4 fully saturated rings. The van der Waals surface area contributed by atoms with E-state index in [-0.39, 0.29) is 28.3 Å². The number of nitrogens with one attached hydrogen (secondary N) is 1. The molecule has 6 rings (SSSR count). The van der Waals surface area contributed by atoms with Gasteiger partial charge in [-0.3, -0.25) is 14.4 Å². The lowest BCUT2D eigenvalue weighted by Gasteiger charge is -2.46. The molecule has 0 radical (unpaired) electrons. The van der Waals surface area contributed by atoms with Crippen LogP contribution < -0.4 is 9.62 Å². The quantitative estimate of drug-likeness (QED) is 0.535. The van der Waals surface area contributed by atoms with E-state index in [0.717, 1.165) is 48.9 Å². The van der Waals surface area contributed by atoms with Gasteiger partial charge in [-0.15, -0.1) is 11.6 Å². The zero-order valence-electron chi connectivity index (χ0n) is 21.9. The minimum Gasteiger partial charge on any atom is -0.368 e. The number of carbonyl (C=O) groups is 1. The van der Waals surface area contributed by atoms with Crippen LogP contribution in [0.5, 0.6) is 0 Å². The number of carbonyl (C=O) groups excluding carboxylic acids is 1. The highest BCUT2D eigenvalue weighted by molar-refractivity contribution is 7.89. The monoisotopic (exact) mass is 548 g/mol. The van der Waals surface area contributed by atoms with Crippen LogP contribution in [-0.4, -0.2) is 89.6 Å². The molecule has 1 amide bonds. The Kier molecular flexibility index (Phi) is 6.25. The molecule has 3 atom stereocenters. The smallest absolute Gasteiger partial charge is 0.241 e. The predicted molar refractivity (Wildman–Crippen MR) is 145 cm³/mol. The largest absolute Gasteiger partial charge is 0.368 e. The first kappa shape index (κ1) is 25.4. The molecule has 2 saturated heterocycles. The number of anilines is 1. The van der Waals surface area contributed by atoms with Gasteiger partial charge in [0.05, 0.1) is 22.7 Å². The Bertz CT molecular complexity index is 1310. The number of halogens is 1. The third-order valence-corrected chi connectivity index (χ3v) is 10.5. The van der Waals surface area contributed by atoms with Crippen molar-refractivity contribution in [1.82, 2.24) is 24.3 Å². The lowest BCUT2D eigenvalue weighted by Crippen LogP contribution is -2.57. The Morgan fingerprint density at radius 2 is 1.81 bits per heavy atom. The molecule has 4 aliphatic rings. The molecule has 2 unspecified atom stereocenters. The number of aromatic nitrogens is 2. The Labute approximate surface area is 224 Å². The number of piperazine rings is 1. The molecule has 1 N–H and O–H groups in total. The number of benzene rings is 1. The SMILES string of the molecule is CC1CN(c2cc(S(=O)(=O)NC3(C)CC3)cc3c2cnn3C2CCN(C(=O)CCl)C2)C[C@@H](C)N1C1CC1. The van der Waals surface area contributed by atoms with Crippen LogP contribution in [0.25, 0.3) is 10.9 Å². The number of hydrogen-bond acceptors (Lipinski definition) is 6. The Hall–Kier alpha value is -1.88. The molecular weight excluding hydrogens is 512 g/mol. The summed E-state index contributed by atoms with van der Waals surface area (Å²) in [6, 6.07) is 5.04. The molecule has 202 valence electrons. The van der Waals surface area contributed by atoms with Gasteiger partial charge in [0.25, 0.3) is 0 Å². The van der Waals surface area contributed by atoms with Gasteiger partial charge in [-0.2, -0.15) is 5.10 Å². The summed E-state index contributed by atoms with van der Waals surface area (Å²) in [6.07, 6.45) is 6.87. The van der Waals surface area contributed by atoms with Gasteiger partial charge in [0.2, 0.25) is 15.9 Å². The van der Waals surface area contributed by atoms with Crippen LogP contribution in [0.1, 0.15) is 58.9 Å². The number of amides is 1. The van der Waals surface area contributed by atoms with Crippen LogP contribution in [0.2, 0.25) is 0 Å². The van der Waals surface area contributed by atoms with Crippen molar-refractivity contribution in [2.45, 2.75) is 87.5 Å². The molecule has 37 heavy (non-hydrogen) atoms. The van der Waals surface area contributed by atoms with Gasteiger partial charge in [-0.05, 0) is 65.0 Å². The van der Waals surface area contributed by atoms with E-state index in [1.165, 1.54) is 12.8 Å². The van der Waals surface area contributed by atoms with Gasteiger partial charge < -0.3 is 9.80 Å². The minimum atomic E-state index is -3.71. The van der Waals surface area contributed by atoms with E-state index in [4.69, 9.17) is 16.7 Å². The molecule has 9 nitrogen and oxygen atoms in total. The third-order valence-electron chi connectivity index (χ3n) is 8.63. The van der Waals surface area contributed by atoms with Crippen LogP contribution >= 0.6 is 11.6 Å². The fourth-order valence-corrected chi connectivity index (χ4v) is 8.03. The number of rotatable bonds is 7. The zero-order valence-corrected chi connectivity index (χ0v) is 23.4. The van der Waals surface area contributed by atoms with Gasteiger partial charge in [0, 0.05) is 60.9 Å². The van der Waals surface area contributed by atoms with Gasteiger partial charge in [0.15, 0.2) is 0 Å². The molecule has 1 aromatic carbocycles. The van der Waals surface area contributed by atoms with Crippen molar-refractivity contribution in [2.24, 2.45) is 0 Å². The molecule has 2 aromatic rings. The highest BCUT2D eigenvalue weighted by Crippen LogP contribution is 2.40. The first-order valence-electron chi connectivity index (χ1n) is 13.5. The van der Waals surface area contributed by atoms with Crippen LogP contribution in [0.4, 0.5) is 5.69 Å². The predicted octanol–water partition coefficient (Wildman–Crippen LogP) is 2.94. The van der Waals surface area contributed by atoms with Gasteiger partial charge in [0.1, 0.15) is 5.88 Å². The summed E-state index contributed by atoms with van der Waals surface area (Å²) in [6.45, 7) is 9.35.